The fourth-order valence-electron chi connectivity index (χ4n) is 2.07. The first-order valence-electron chi connectivity index (χ1n) is 6.81. The van der Waals surface area contributed by atoms with Gasteiger partial charge in [0.25, 0.3) is 0 Å². The number of aliphatic imine (C=N–C) groups is 1. The van der Waals surface area contributed by atoms with Crippen molar-refractivity contribution in [1.29, 1.82) is 0 Å². The first-order valence-corrected chi connectivity index (χ1v) is 7.19. The molecule has 3 rings (SSSR count). The second kappa shape index (κ2) is 6.08. The lowest BCUT2D eigenvalue weighted by Gasteiger charge is -1.99. The van der Waals surface area contributed by atoms with Crippen LogP contribution in [0.3, 0.4) is 0 Å². The average molecular weight is 312 g/mol. The van der Waals surface area contributed by atoms with Crippen molar-refractivity contribution in [3.8, 4) is 17.1 Å². The van der Waals surface area contributed by atoms with Crippen molar-refractivity contribution in [3.05, 3.63) is 70.9 Å². The zero-order valence-electron chi connectivity index (χ0n) is 12.0. The molecule has 0 aliphatic heterocycles. The molecule has 0 bridgehead atoms. The Morgan fingerprint density at radius 2 is 1.82 bits per heavy atom. The lowest BCUT2D eigenvalue weighted by Crippen LogP contribution is -1.77. The number of furan rings is 1. The SMILES string of the molecule is Cc1ccc(N=Cc2ccc(-c3ccc(Cl)cc3)o2)c(O)c1. The van der Waals surface area contributed by atoms with E-state index >= 15 is 0 Å². The van der Waals surface area contributed by atoms with Crippen LogP contribution in [0.4, 0.5) is 5.69 Å². The monoisotopic (exact) mass is 311 g/mol. The highest BCUT2D eigenvalue weighted by molar-refractivity contribution is 6.30. The Labute approximate surface area is 133 Å². The largest absolute Gasteiger partial charge is 0.506 e. The molecule has 0 spiro atoms. The number of benzene rings is 2. The van der Waals surface area contributed by atoms with Crippen LogP contribution in [-0.2, 0) is 0 Å². The average Bonchev–Trinajstić information content (AvgIpc) is 2.96. The molecule has 3 aromatic rings. The molecule has 0 saturated carbocycles. The Morgan fingerprint density at radius 3 is 2.55 bits per heavy atom. The minimum atomic E-state index is 0.153. The highest BCUT2D eigenvalue weighted by Crippen LogP contribution is 2.27. The van der Waals surface area contributed by atoms with Crippen LogP contribution >= 0.6 is 11.6 Å². The maximum Gasteiger partial charge on any atom is 0.145 e. The molecule has 0 atom stereocenters. The molecule has 1 N–H and O–H groups in total. The number of halogens is 1. The van der Waals surface area contributed by atoms with Gasteiger partial charge in [0.2, 0.25) is 0 Å². The molecule has 3 nitrogen and oxygen atoms in total. The van der Waals surface area contributed by atoms with Crippen molar-refractivity contribution in [3.63, 3.8) is 0 Å². The van der Waals surface area contributed by atoms with Crippen LogP contribution in [0.5, 0.6) is 5.75 Å². The van der Waals surface area contributed by atoms with Crippen LogP contribution in [0, 0.1) is 6.92 Å². The van der Waals surface area contributed by atoms with Gasteiger partial charge in [0.1, 0.15) is 23.0 Å². The van der Waals surface area contributed by atoms with Gasteiger partial charge in [-0.25, -0.2) is 4.99 Å². The van der Waals surface area contributed by atoms with Crippen LogP contribution in [0.1, 0.15) is 11.3 Å². The molecule has 2 aromatic carbocycles. The molecule has 4 heteroatoms. The van der Waals surface area contributed by atoms with E-state index in [-0.39, 0.29) is 5.75 Å². The Hall–Kier alpha value is -2.52. The van der Waals surface area contributed by atoms with E-state index in [0.29, 0.717) is 16.5 Å². The molecular formula is C18H14ClNO2. The van der Waals surface area contributed by atoms with Crippen LogP contribution in [0.2, 0.25) is 5.02 Å². The number of hydrogen-bond acceptors (Lipinski definition) is 3. The van der Waals surface area contributed by atoms with Crippen molar-refractivity contribution in [2.75, 3.05) is 0 Å². The third kappa shape index (κ3) is 3.21. The molecule has 0 aliphatic carbocycles. The second-order valence-corrected chi connectivity index (χ2v) is 5.40. The Balaban J connectivity index is 1.82. The Bertz CT molecular complexity index is 819. The van der Waals surface area contributed by atoms with E-state index in [4.69, 9.17) is 16.0 Å². The number of phenols is 1. The summed E-state index contributed by atoms with van der Waals surface area (Å²) in [7, 11) is 0. The summed E-state index contributed by atoms with van der Waals surface area (Å²) in [5, 5.41) is 10.5. The summed E-state index contributed by atoms with van der Waals surface area (Å²) in [5.41, 5.74) is 2.44. The van der Waals surface area contributed by atoms with Crippen LogP contribution in [0.25, 0.3) is 11.3 Å². The van der Waals surface area contributed by atoms with Crippen molar-refractivity contribution >= 4 is 23.5 Å². The van der Waals surface area contributed by atoms with Gasteiger partial charge < -0.3 is 9.52 Å². The van der Waals surface area contributed by atoms with Gasteiger partial charge in [-0.3, -0.25) is 0 Å². The van der Waals surface area contributed by atoms with Gasteiger partial charge in [0, 0.05) is 10.6 Å². The lowest BCUT2D eigenvalue weighted by atomic mass is 10.2. The molecule has 22 heavy (non-hydrogen) atoms. The maximum absolute atomic E-state index is 9.82. The number of rotatable bonds is 3. The topological polar surface area (TPSA) is 45.7 Å². The predicted molar refractivity (Wildman–Crippen MR) is 89.3 cm³/mol. The quantitative estimate of drug-likeness (QED) is 0.661. The van der Waals surface area contributed by atoms with Gasteiger partial charge >= 0.3 is 0 Å². The molecule has 0 radical (unpaired) electrons. The fraction of sp³-hybridized carbons (Fsp3) is 0.0556. The number of nitrogens with zero attached hydrogens (tertiary/aromatic N) is 1. The number of hydrogen-bond donors (Lipinski definition) is 1. The minimum absolute atomic E-state index is 0.153. The molecule has 0 amide bonds. The molecule has 0 unspecified atom stereocenters. The van der Waals surface area contributed by atoms with Gasteiger partial charge in [0.05, 0.1) is 6.21 Å². The summed E-state index contributed by atoms with van der Waals surface area (Å²) in [6.07, 6.45) is 1.59. The standard InChI is InChI=1S/C18H14ClNO2/c1-12-2-8-16(17(21)10-12)20-11-15-7-9-18(22-15)13-3-5-14(19)6-4-13/h2-11,21H,1H3. The van der Waals surface area contributed by atoms with Crippen LogP contribution in [-0.4, -0.2) is 11.3 Å². The summed E-state index contributed by atoms with van der Waals surface area (Å²) >= 11 is 5.87. The molecule has 110 valence electrons. The van der Waals surface area contributed by atoms with Gasteiger partial charge in [-0.05, 0) is 61.0 Å². The first-order chi connectivity index (χ1) is 10.6. The van der Waals surface area contributed by atoms with Gasteiger partial charge in [0.15, 0.2) is 0 Å². The zero-order valence-corrected chi connectivity index (χ0v) is 12.7. The molecule has 0 saturated heterocycles. The first kappa shape index (κ1) is 14.4. The summed E-state index contributed by atoms with van der Waals surface area (Å²) in [6, 6.07) is 16.5. The molecule has 0 aliphatic rings. The maximum atomic E-state index is 9.82. The van der Waals surface area contributed by atoms with Crippen LogP contribution in [0.15, 0.2) is 64.0 Å². The summed E-state index contributed by atoms with van der Waals surface area (Å²) < 4.78 is 5.72. The highest BCUT2D eigenvalue weighted by atomic mass is 35.5. The third-order valence-corrected chi connectivity index (χ3v) is 3.47. The van der Waals surface area contributed by atoms with E-state index < -0.39 is 0 Å². The van der Waals surface area contributed by atoms with Crippen LogP contribution < -0.4 is 0 Å². The van der Waals surface area contributed by atoms with Gasteiger partial charge in [-0.1, -0.05) is 17.7 Å². The molecular weight excluding hydrogens is 298 g/mol. The van der Waals surface area contributed by atoms with Crippen molar-refractivity contribution in [2.45, 2.75) is 6.92 Å². The molecule has 0 fully saturated rings. The molecule has 1 heterocycles. The zero-order chi connectivity index (χ0) is 15.5. The minimum Gasteiger partial charge on any atom is -0.506 e. The van der Waals surface area contributed by atoms with Crippen molar-refractivity contribution < 1.29 is 9.52 Å². The Kier molecular flexibility index (Phi) is 3.98. The number of aryl methyl sites for hydroxylation is 1. The summed E-state index contributed by atoms with van der Waals surface area (Å²) in [6.45, 7) is 1.91. The lowest BCUT2D eigenvalue weighted by molar-refractivity contribution is 0.476. The fourth-order valence-corrected chi connectivity index (χ4v) is 2.19. The second-order valence-electron chi connectivity index (χ2n) is 4.96. The van der Waals surface area contributed by atoms with E-state index in [1.807, 2.05) is 49.4 Å². The normalized spacial score (nSPS) is 11.2. The van der Waals surface area contributed by atoms with E-state index in [1.165, 1.54) is 0 Å². The van der Waals surface area contributed by atoms with E-state index in [0.717, 1.165) is 16.9 Å². The van der Waals surface area contributed by atoms with Crippen molar-refractivity contribution in [1.82, 2.24) is 0 Å². The van der Waals surface area contributed by atoms with E-state index in [9.17, 15) is 5.11 Å². The van der Waals surface area contributed by atoms with Gasteiger partial charge in [-0.15, -0.1) is 0 Å². The third-order valence-electron chi connectivity index (χ3n) is 3.22. The Morgan fingerprint density at radius 1 is 1.05 bits per heavy atom. The number of phenolic OH excluding ortho intramolecular Hbond substituents is 1. The summed E-state index contributed by atoms with van der Waals surface area (Å²) in [5.74, 6) is 1.51. The highest BCUT2D eigenvalue weighted by Gasteiger charge is 2.04. The smallest absolute Gasteiger partial charge is 0.145 e. The number of aromatic hydroxyl groups is 1. The molecule has 1 aromatic heterocycles. The van der Waals surface area contributed by atoms with E-state index in [2.05, 4.69) is 4.99 Å². The van der Waals surface area contributed by atoms with Crippen molar-refractivity contribution in [2.24, 2.45) is 4.99 Å². The predicted octanol–water partition coefficient (Wildman–Crippen LogP) is 5.36. The van der Waals surface area contributed by atoms with E-state index in [1.54, 1.807) is 18.3 Å². The summed E-state index contributed by atoms with van der Waals surface area (Å²) in [4.78, 5) is 4.25. The van der Waals surface area contributed by atoms with Gasteiger partial charge in [-0.2, -0.15) is 0 Å².